The lowest BCUT2D eigenvalue weighted by atomic mass is 9.70. The van der Waals surface area contributed by atoms with Crippen LogP contribution >= 0.6 is 0 Å². The first-order valence-corrected chi connectivity index (χ1v) is 11.7. The van der Waals surface area contributed by atoms with Gasteiger partial charge in [-0.05, 0) is 68.3 Å². The second-order valence-corrected chi connectivity index (χ2v) is 9.76. The van der Waals surface area contributed by atoms with E-state index >= 15 is 0 Å². The topological polar surface area (TPSA) is 29.5 Å². The van der Waals surface area contributed by atoms with E-state index in [9.17, 15) is 18.0 Å². The molecular formula is C27H32F3NO2. The predicted molar refractivity (Wildman–Crippen MR) is 123 cm³/mol. The van der Waals surface area contributed by atoms with Crippen molar-refractivity contribution in [2.45, 2.75) is 62.1 Å². The zero-order valence-corrected chi connectivity index (χ0v) is 19.3. The number of likely N-dealkylation sites (N-methyl/N-ethyl adjacent to an activating group) is 1. The number of benzene rings is 2. The van der Waals surface area contributed by atoms with Crippen LogP contribution in [0.25, 0.3) is 0 Å². The molecule has 178 valence electrons. The molecule has 0 radical (unpaired) electrons. The minimum absolute atomic E-state index is 0.0544. The SMILES string of the molecule is CO[C@@H]1CN(C)C[C@](CCCC(=O)c2ccc(C(F)(F)F)cc2C2CC2)(c2ccccc2)C1. The van der Waals surface area contributed by atoms with Gasteiger partial charge >= 0.3 is 6.18 Å². The van der Waals surface area contributed by atoms with E-state index in [-0.39, 0.29) is 23.2 Å². The average molecular weight is 460 g/mol. The maximum atomic E-state index is 13.2. The first kappa shape index (κ1) is 24.0. The van der Waals surface area contributed by atoms with Gasteiger partial charge in [-0.1, -0.05) is 36.4 Å². The van der Waals surface area contributed by atoms with Crippen molar-refractivity contribution >= 4 is 5.78 Å². The molecule has 0 N–H and O–H groups in total. The van der Waals surface area contributed by atoms with Crippen LogP contribution in [0.3, 0.4) is 0 Å². The van der Waals surface area contributed by atoms with Crippen molar-refractivity contribution in [2.75, 3.05) is 27.2 Å². The smallest absolute Gasteiger partial charge is 0.380 e. The van der Waals surface area contributed by atoms with Crippen LogP contribution in [-0.4, -0.2) is 44.0 Å². The molecule has 2 atom stereocenters. The summed E-state index contributed by atoms with van der Waals surface area (Å²) in [6.07, 6.45) is 0.164. The molecule has 4 rings (SSSR count). The van der Waals surface area contributed by atoms with Crippen molar-refractivity contribution < 1.29 is 22.7 Å². The Morgan fingerprint density at radius 2 is 1.88 bits per heavy atom. The van der Waals surface area contributed by atoms with Crippen LogP contribution in [0.5, 0.6) is 0 Å². The summed E-state index contributed by atoms with van der Waals surface area (Å²) in [5.74, 6) is 0.0256. The first-order valence-electron chi connectivity index (χ1n) is 11.7. The van der Waals surface area contributed by atoms with Gasteiger partial charge in [0, 0.05) is 37.6 Å². The van der Waals surface area contributed by atoms with Gasteiger partial charge in [-0.15, -0.1) is 0 Å². The number of Topliss-reactive ketones (excluding diaryl/α,β-unsaturated/α-hetero) is 1. The fraction of sp³-hybridized carbons (Fsp3) is 0.519. The molecule has 1 saturated heterocycles. The van der Waals surface area contributed by atoms with Crippen molar-refractivity contribution in [3.63, 3.8) is 0 Å². The minimum atomic E-state index is -4.39. The molecule has 1 saturated carbocycles. The summed E-state index contributed by atoms with van der Waals surface area (Å²) in [6.45, 7) is 1.76. The highest BCUT2D eigenvalue weighted by atomic mass is 19.4. The summed E-state index contributed by atoms with van der Waals surface area (Å²) < 4.78 is 45.3. The molecule has 33 heavy (non-hydrogen) atoms. The Morgan fingerprint density at radius 3 is 2.52 bits per heavy atom. The molecule has 2 aliphatic rings. The van der Waals surface area contributed by atoms with Gasteiger partial charge in [0.2, 0.25) is 0 Å². The number of ketones is 1. The lowest BCUT2D eigenvalue weighted by Gasteiger charge is -2.45. The largest absolute Gasteiger partial charge is 0.416 e. The highest BCUT2D eigenvalue weighted by Gasteiger charge is 2.40. The zero-order valence-electron chi connectivity index (χ0n) is 19.3. The number of rotatable bonds is 8. The summed E-state index contributed by atoms with van der Waals surface area (Å²) in [6, 6.07) is 14.0. The van der Waals surface area contributed by atoms with Crippen molar-refractivity contribution in [3.8, 4) is 0 Å². The van der Waals surface area contributed by atoms with Crippen molar-refractivity contribution in [2.24, 2.45) is 0 Å². The number of hydrogen-bond donors (Lipinski definition) is 0. The second-order valence-electron chi connectivity index (χ2n) is 9.76. The Labute approximate surface area is 193 Å². The van der Waals surface area contributed by atoms with Crippen LogP contribution < -0.4 is 0 Å². The minimum Gasteiger partial charge on any atom is -0.380 e. The van der Waals surface area contributed by atoms with E-state index in [1.807, 2.05) is 18.2 Å². The molecule has 0 unspecified atom stereocenters. The van der Waals surface area contributed by atoms with Crippen LogP contribution in [-0.2, 0) is 16.3 Å². The molecule has 1 heterocycles. The van der Waals surface area contributed by atoms with Gasteiger partial charge in [-0.25, -0.2) is 0 Å². The number of ether oxygens (including phenoxy) is 1. The fourth-order valence-electron chi connectivity index (χ4n) is 5.43. The van der Waals surface area contributed by atoms with Crippen LogP contribution in [0.2, 0.25) is 0 Å². The van der Waals surface area contributed by atoms with Gasteiger partial charge in [0.25, 0.3) is 0 Å². The third kappa shape index (κ3) is 5.49. The number of halogens is 3. The molecule has 2 aromatic carbocycles. The monoisotopic (exact) mass is 459 g/mol. The normalized spacial score (nSPS) is 24.1. The van der Waals surface area contributed by atoms with E-state index in [0.717, 1.165) is 44.8 Å². The molecule has 1 aliphatic heterocycles. The maximum absolute atomic E-state index is 13.2. The van der Waals surface area contributed by atoms with Gasteiger partial charge in [0.15, 0.2) is 5.78 Å². The van der Waals surface area contributed by atoms with Crippen LogP contribution in [0.1, 0.15) is 71.5 Å². The van der Waals surface area contributed by atoms with Gasteiger partial charge in [-0.3, -0.25) is 4.79 Å². The predicted octanol–water partition coefficient (Wildman–Crippen LogP) is 6.22. The Kier molecular flexibility index (Phi) is 6.96. The number of nitrogens with zero attached hydrogens (tertiary/aromatic N) is 1. The van der Waals surface area contributed by atoms with E-state index in [1.54, 1.807) is 7.11 Å². The van der Waals surface area contributed by atoms with Gasteiger partial charge < -0.3 is 9.64 Å². The number of methoxy groups -OCH3 is 1. The van der Waals surface area contributed by atoms with Gasteiger partial charge in [-0.2, -0.15) is 13.2 Å². The molecule has 2 aromatic rings. The summed E-state index contributed by atoms with van der Waals surface area (Å²) in [5, 5.41) is 0. The quantitative estimate of drug-likeness (QED) is 0.439. The highest BCUT2D eigenvalue weighted by molar-refractivity contribution is 5.97. The Morgan fingerprint density at radius 1 is 1.15 bits per heavy atom. The van der Waals surface area contributed by atoms with E-state index < -0.39 is 11.7 Å². The molecular weight excluding hydrogens is 427 g/mol. The van der Waals surface area contributed by atoms with Gasteiger partial charge in [0.05, 0.1) is 11.7 Å². The molecule has 0 spiro atoms. The highest BCUT2D eigenvalue weighted by Crippen LogP contribution is 2.44. The standard InChI is InChI=1S/C27H32F3NO2/c1-31-17-22(33-2)16-26(18-31,20-7-4-3-5-8-20)14-6-9-25(32)23-13-12-21(27(28,29)30)15-24(23)19-10-11-19/h3-5,7-8,12-13,15,19,22H,6,9-11,14,16-18H2,1-2H3/t22-,26+/m0/s1. The molecule has 6 heteroatoms. The van der Waals surface area contributed by atoms with E-state index in [0.29, 0.717) is 24.0 Å². The summed E-state index contributed by atoms with van der Waals surface area (Å²) in [5.41, 5.74) is 1.51. The maximum Gasteiger partial charge on any atom is 0.416 e. The van der Waals surface area contributed by atoms with Crippen molar-refractivity contribution in [3.05, 3.63) is 70.8 Å². The fourth-order valence-corrected chi connectivity index (χ4v) is 5.43. The molecule has 2 fully saturated rings. The number of likely N-dealkylation sites (tertiary alicyclic amines) is 1. The van der Waals surface area contributed by atoms with E-state index in [2.05, 4.69) is 24.1 Å². The molecule has 3 nitrogen and oxygen atoms in total. The second kappa shape index (κ2) is 9.59. The number of carbonyl (C=O) groups excluding carboxylic acids is 1. The summed E-state index contributed by atoms with van der Waals surface area (Å²) in [4.78, 5) is 15.4. The summed E-state index contributed by atoms with van der Waals surface area (Å²) in [7, 11) is 3.84. The molecule has 1 aliphatic carbocycles. The lowest BCUT2D eigenvalue weighted by molar-refractivity contribution is -0.137. The Balaban J connectivity index is 1.51. The van der Waals surface area contributed by atoms with Crippen molar-refractivity contribution in [1.29, 1.82) is 0 Å². The van der Waals surface area contributed by atoms with E-state index in [1.165, 1.54) is 17.7 Å². The zero-order chi connectivity index (χ0) is 23.6. The van der Waals surface area contributed by atoms with Crippen LogP contribution in [0.15, 0.2) is 48.5 Å². The third-order valence-corrected chi connectivity index (χ3v) is 7.18. The number of carbonyl (C=O) groups is 1. The third-order valence-electron chi connectivity index (χ3n) is 7.18. The van der Waals surface area contributed by atoms with Gasteiger partial charge in [0.1, 0.15) is 0 Å². The number of piperidine rings is 1. The number of hydrogen-bond acceptors (Lipinski definition) is 3. The van der Waals surface area contributed by atoms with Crippen molar-refractivity contribution in [1.82, 2.24) is 4.90 Å². The lowest BCUT2D eigenvalue weighted by Crippen LogP contribution is -2.51. The van der Waals surface area contributed by atoms with Crippen LogP contribution in [0, 0.1) is 0 Å². The van der Waals surface area contributed by atoms with Crippen LogP contribution in [0.4, 0.5) is 13.2 Å². The average Bonchev–Trinajstić information content (AvgIpc) is 3.63. The molecule has 0 aromatic heterocycles. The Bertz CT molecular complexity index is 971. The number of alkyl halides is 3. The van der Waals surface area contributed by atoms with E-state index in [4.69, 9.17) is 4.74 Å². The Hall–Kier alpha value is -2.18. The molecule has 0 bridgehead atoms. The first-order chi connectivity index (χ1) is 15.7. The molecule has 0 amide bonds. The summed E-state index contributed by atoms with van der Waals surface area (Å²) >= 11 is 0.